The van der Waals surface area contributed by atoms with E-state index in [1.165, 1.54) is 10.6 Å². The number of aryl methyl sites for hydroxylation is 1. The van der Waals surface area contributed by atoms with Gasteiger partial charge in [-0.1, -0.05) is 23.2 Å². The number of fused-ring (bicyclic) bond motifs is 1. The molecule has 3 rings (SSSR count). The van der Waals surface area contributed by atoms with Crippen molar-refractivity contribution in [1.29, 1.82) is 0 Å². The highest BCUT2D eigenvalue weighted by Gasteiger charge is 2.09. The summed E-state index contributed by atoms with van der Waals surface area (Å²) in [5, 5.41) is 1.32. The van der Waals surface area contributed by atoms with Crippen LogP contribution < -0.4 is 16.1 Å². The van der Waals surface area contributed by atoms with Crippen molar-refractivity contribution >= 4 is 34.1 Å². The molecule has 0 aliphatic rings. The third-order valence-electron chi connectivity index (χ3n) is 3.48. The van der Waals surface area contributed by atoms with E-state index < -0.39 is 11.4 Å². The fraction of sp³-hybridized carbons (Fsp3) is 0.176. The summed E-state index contributed by atoms with van der Waals surface area (Å²) >= 11 is 11.7. The van der Waals surface area contributed by atoms with Crippen LogP contribution in [0.3, 0.4) is 0 Å². The maximum Gasteiger partial charge on any atom is 0.422 e. The maximum absolute atomic E-state index is 11.9. The van der Waals surface area contributed by atoms with Crippen LogP contribution in [-0.2, 0) is 6.54 Å². The van der Waals surface area contributed by atoms with Gasteiger partial charge in [-0.3, -0.25) is 4.57 Å². The Kier molecular flexibility index (Phi) is 4.92. The summed E-state index contributed by atoms with van der Waals surface area (Å²) in [6.07, 6.45) is 0.563. The second-order valence-corrected chi connectivity index (χ2v) is 6.00. The molecular weight excluding hydrogens is 353 g/mol. The first kappa shape index (κ1) is 16.6. The van der Waals surface area contributed by atoms with Crippen molar-refractivity contribution in [2.75, 3.05) is 6.61 Å². The third kappa shape index (κ3) is 3.63. The smallest absolute Gasteiger partial charge is 0.422 e. The predicted molar refractivity (Wildman–Crippen MR) is 93.3 cm³/mol. The minimum atomic E-state index is -0.693. The Morgan fingerprint density at radius 2 is 1.71 bits per heavy atom. The van der Waals surface area contributed by atoms with E-state index in [9.17, 15) is 9.59 Å². The summed E-state index contributed by atoms with van der Waals surface area (Å²) in [6.45, 7) is 0.761. The van der Waals surface area contributed by atoms with Crippen molar-refractivity contribution in [1.82, 2.24) is 4.57 Å². The van der Waals surface area contributed by atoms with Gasteiger partial charge in [0, 0.05) is 16.6 Å². The van der Waals surface area contributed by atoms with Gasteiger partial charge in [0.25, 0.3) is 0 Å². The van der Waals surface area contributed by atoms with Gasteiger partial charge in [-0.15, -0.1) is 0 Å². The molecule has 0 unspecified atom stereocenters. The first-order chi connectivity index (χ1) is 11.5. The lowest BCUT2D eigenvalue weighted by atomic mass is 10.2. The van der Waals surface area contributed by atoms with Crippen molar-refractivity contribution in [2.24, 2.45) is 0 Å². The number of rotatable bonds is 5. The van der Waals surface area contributed by atoms with Gasteiger partial charge >= 0.3 is 11.4 Å². The molecule has 0 bridgehead atoms. The highest BCUT2D eigenvalue weighted by Crippen LogP contribution is 2.17. The molecule has 0 atom stereocenters. The molecule has 0 spiro atoms. The molecule has 24 heavy (non-hydrogen) atoms. The number of aromatic nitrogens is 1. The van der Waals surface area contributed by atoms with E-state index in [2.05, 4.69) is 0 Å². The Morgan fingerprint density at radius 3 is 2.46 bits per heavy atom. The van der Waals surface area contributed by atoms with E-state index in [4.69, 9.17) is 32.4 Å². The van der Waals surface area contributed by atoms with Crippen LogP contribution in [0.15, 0.2) is 56.5 Å². The highest BCUT2D eigenvalue weighted by molar-refractivity contribution is 6.31. The van der Waals surface area contributed by atoms with E-state index in [0.717, 1.165) is 0 Å². The fourth-order valence-electron chi connectivity index (χ4n) is 2.35. The summed E-state index contributed by atoms with van der Waals surface area (Å²) in [4.78, 5) is 23.7. The Balaban J connectivity index is 1.74. The topological polar surface area (TPSA) is 61.4 Å². The lowest BCUT2D eigenvalue weighted by molar-refractivity contribution is 0.296. The summed E-state index contributed by atoms with van der Waals surface area (Å²) in [5.41, 5.74) is -0.196. The van der Waals surface area contributed by atoms with Crippen LogP contribution in [0.2, 0.25) is 10.0 Å². The van der Waals surface area contributed by atoms with Crippen LogP contribution in [0.25, 0.3) is 10.9 Å². The second kappa shape index (κ2) is 7.11. The van der Waals surface area contributed by atoms with Gasteiger partial charge in [0.05, 0.1) is 17.5 Å². The normalized spacial score (nSPS) is 10.9. The van der Waals surface area contributed by atoms with Crippen LogP contribution in [0.5, 0.6) is 5.75 Å². The molecule has 7 heteroatoms. The lowest BCUT2D eigenvalue weighted by Crippen LogP contribution is -2.25. The number of hydrogen-bond donors (Lipinski definition) is 0. The van der Waals surface area contributed by atoms with E-state index >= 15 is 0 Å². The number of nitrogens with zero attached hydrogens (tertiary/aromatic N) is 1. The summed E-state index contributed by atoms with van der Waals surface area (Å²) in [7, 11) is 0. The van der Waals surface area contributed by atoms with Crippen molar-refractivity contribution in [3.05, 3.63) is 73.5 Å². The van der Waals surface area contributed by atoms with Crippen LogP contribution in [0, 0.1) is 0 Å². The standard InChI is InChI=1S/C17H13Cl2NO4/c18-11-2-5-13(6-3-11)23-9-1-8-20-15-7-4-12(19)10-14(15)16(21)24-17(20)22/h2-7,10H,1,8-9H2. The second-order valence-electron chi connectivity index (χ2n) is 5.12. The molecule has 1 aromatic heterocycles. The first-order valence-corrected chi connectivity index (χ1v) is 8.02. The number of halogens is 2. The molecule has 0 aliphatic carbocycles. The van der Waals surface area contributed by atoms with Crippen LogP contribution in [0.1, 0.15) is 6.42 Å². The molecule has 0 N–H and O–H groups in total. The highest BCUT2D eigenvalue weighted by atomic mass is 35.5. The predicted octanol–water partition coefficient (Wildman–Crippen LogP) is 3.73. The van der Waals surface area contributed by atoms with Gasteiger partial charge in [0.2, 0.25) is 0 Å². The summed E-state index contributed by atoms with van der Waals surface area (Å²) in [6, 6.07) is 11.8. The van der Waals surface area contributed by atoms with Crippen molar-refractivity contribution in [3.8, 4) is 5.75 Å². The molecule has 0 amide bonds. The van der Waals surface area contributed by atoms with Crippen LogP contribution in [-0.4, -0.2) is 11.2 Å². The zero-order valence-corrected chi connectivity index (χ0v) is 14.0. The Bertz CT molecular complexity index is 977. The van der Waals surface area contributed by atoms with Crippen molar-refractivity contribution in [2.45, 2.75) is 13.0 Å². The number of ether oxygens (including phenoxy) is 1. The fourth-order valence-corrected chi connectivity index (χ4v) is 2.65. The molecule has 5 nitrogen and oxygen atoms in total. The first-order valence-electron chi connectivity index (χ1n) is 7.26. The van der Waals surface area contributed by atoms with Gasteiger partial charge in [0.15, 0.2) is 0 Å². The van der Waals surface area contributed by atoms with Gasteiger partial charge in [-0.05, 0) is 48.9 Å². The molecule has 2 aromatic carbocycles. The van der Waals surface area contributed by atoms with Crippen LogP contribution >= 0.6 is 23.2 Å². The minimum Gasteiger partial charge on any atom is -0.494 e. The monoisotopic (exact) mass is 365 g/mol. The van der Waals surface area contributed by atoms with Gasteiger partial charge in [0.1, 0.15) is 5.75 Å². The maximum atomic E-state index is 11.9. The Labute approximate surface area is 147 Å². The van der Waals surface area contributed by atoms with Crippen molar-refractivity contribution < 1.29 is 9.15 Å². The molecule has 0 radical (unpaired) electrons. The van der Waals surface area contributed by atoms with E-state index in [1.54, 1.807) is 36.4 Å². The summed E-state index contributed by atoms with van der Waals surface area (Å²) < 4.78 is 11.7. The zero-order valence-electron chi connectivity index (χ0n) is 12.5. The van der Waals surface area contributed by atoms with E-state index in [-0.39, 0.29) is 5.39 Å². The van der Waals surface area contributed by atoms with Gasteiger partial charge < -0.3 is 9.15 Å². The summed E-state index contributed by atoms with van der Waals surface area (Å²) in [5.74, 6) is 0.00398. The average molecular weight is 366 g/mol. The lowest BCUT2D eigenvalue weighted by Gasteiger charge is -2.09. The molecule has 1 heterocycles. The molecular formula is C17H13Cl2NO4. The van der Waals surface area contributed by atoms with E-state index in [0.29, 0.717) is 40.9 Å². The third-order valence-corrected chi connectivity index (χ3v) is 3.97. The van der Waals surface area contributed by atoms with Crippen molar-refractivity contribution in [3.63, 3.8) is 0 Å². The Morgan fingerprint density at radius 1 is 1.00 bits per heavy atom. The Hall–Kier alpha value is -2.24. The number of hydrogen-bond acceptors (Lipinski definition) is 4. The quantitative estimate of drug-likeness (QED) is 0.646. The van der Waals surface area contributed by atoms with Gasteiger partial charge in [-0.2, -0.15) is 0 Å². The SMILES string of the molecule is O=c1oc(=O)n(CCCOc2ccc(Cl)cc2)c2ccc(Cl)cc12. The largest absolute Gasteiger partial charge is 0.494 e. The van der Waals surface area contributed by atoms with Crippen LogP contribution in [0.4, 0.5) is 0 Å². The molecule has 0 aliphatic heterocycles. The van der Waals surface area contributed by atoms with Gasteiger partial charge in [-0.25, -0.2) is 9.59 Å². The average Bonchev–Trinajstić information content (AvgIpc) is 2.56. The van der Waals surface area contributed by atoms with E-state index in [1.807, 2.05) is 0 Å². The molecule has 124 valence electrons. The minimum absolute atomic E-state index is 0.278. The molecule has 0 saturated heterocycles. The number of benzene rings is 2. The molecule has 0 fully saturated rings. The molecule has 3 aromatic rings. The zero-order chi connectivity index (χ0) is 17.1. The molecule has 0 saturated carbocycles.